The van der Waals surface area contributed by atoms with Crippen LogP contribution in [-0.4, -0.2) is 16.5 Å². The normalized spacial score (nSPS) is 12.4. The quantitative estimate of drug-likeness (QED) is 0.849. The number of hydrogen-bond acceptors (Lipinski definition) is 3. The minimum atomic E-state index is 0.187. The van der Waals surface area contributed by atoms with E-state index in [0.29, 0.717) is 0 Å². The van der Waals surface area contributed by atoms with E-state index < -0.39 is 0 Å². The topological polar surface area (TPSA) is 37.8 Å². The number of likely N-dealkylation sites (N-methyl/N-ethyl adjacent to an activating group) is 1. The fourth-order valence-electron chi connectivity index (χ4n) is 1.86. The molecule has 3 nitrogen and oxygen atoms in total. The van der Waals surface area contributed by atoms with Gasteiger partial charge in [0.15, 0.2) is 0 Å². The summed E-state index contributed by atoms with van der Waals surface area (Å²) in [6.45, 7) is 3.00. The Hall–Kier alpha value is -0.780. The second kappa shape index (κ2) is 7.12. The number of halogens is 2. The molecule has 2 aromatic rings. The lowest BCUT2D eigenvalue weighted by atomic mass is 10.1. The van der Waals surface area contributed by atoms with Crippen LogP contribution in [-0.2, 0) is 6.42 Å². The van der Waals surface area contributed by atoms with Crippen LogP contribution in [0.15, 0.2) is 45.6 Å². The standard InChI is InChI=1S/C14H15Br2N3/c1-2-17-14(13-6-4-11(16)9-19-13)7-12-5-3-10(15)8-18-12/h3-6,8-9,14,17H,2,7H2,1H3. The fourth-order valence-corrected chi connectivity index (χ4v) is 2.33. The summed E-state index contributed by atoms with van der Waals surface area (Å²) < 4.78 is 1.99. The Bertz CT molecular complexity index is 511. The molecule has 1 unspecified atom stereocenters. The van der Waals surface area contributed by atoms with Gasteiger partial charge in [-0.2, -0.15) is 0 Å². The molecule has 19 heavy (non-hydrogen) atoms. The van der Waals surface area contributed by atoms with E-state index in [0.717, 1.165) is 33.3 Å². The SMILES string of the molecule is CCNC(Cc1ccc(Br)cn1)c1ccc(Br)cn1. The molecule has 2 rings (SSSR count). The Morgan fingerprint density at radius 3 is 2.26 bits per heavy atom. The van der Waals surface area contributed by atoms with Crippen LogP contribution in [0.5, 0.6) is 0 Å². The first-order chi connectivity index (χ1) is 9.19. The van der Waals surface area contributed by atoms with E-state index in [4.69, 9.17) is 0 Å². The monoisotopic (exact) mass is 383 g/mol. The number of nitrogens with one attached hydrogen (secondary N) is 1. The molecule has 0 saturated carbocycles. The lowest BCUT2D eigenvalue weighted by Crippen LogP contribution is -2.24. The molecule has 1 atom stereocenters. The zero-order valence-corrected chi connectivity index (χ0v) is 13.8. The summed E-state index contributed by atoms with van der Waals surface area (Å²) in [4.78, 5) is 8.88. The summed E-state index contributed by atoms with van der Waals surface area (Å²) in [5, 5.41) is 3.45. The lowest BCUT2D eigenvalue weighted by Gasteiger charge is -2.17. The highest BCUT2D eigenvalue weighted by Gasteiger charge is 2.13. The van der Waals surface area contributed by atoms with Gasteiger partial charge in [-0.05, 0) is 62.7 Å². The third-order valence-corrected chi connectivity index (χ3v) is 3.70. The Morgan fingerprint density at radius 1 is 1.05 bits per heavy atom. The van der Waals surface area contributed by atoms with Gasteiger partial charge in [0.05, 0.1) is 11.7 Å². The van der Waals surface area contributed by atoms with Crippen LogP contribution in [0.2, 0.25) is 0 Å². The average molecular weight is 385 g/mol. The van der Waals surface area contributed by atoms with Crippen molar-refractivity contribution >= 4 is 31.9 Å². The van der Waals surface area contributed by atoms with Crippen LogP contribution >= 0.6 is 31.9 Å². The minimum Gasteiger partial charge on any atom is -0.309 e. The zero-order chi connectivity index (χ0) is 13.7. The number of hydrogen-bond donors (Lipinski definition) is 1. The van der Waals surface area contributed by atoms with Gasteiger partial charge in [0, 0.05) is 33.5 Å². The van der Waals surface area contributed by atoms with Crippen LogP contribution in [0.4, 0.5) is 0 Å². The van der Waals surface area contributed by atoms with Crippen molar-refractivity contribution < 1.29 is 0 Å². The Balaban J connectivity index is 2.15. The molecule has 0 fully saturated rings. The van der Waals surface area contributed by atoms with E-state index in [1.54, 1.807) is 0 Å². The van der Waals surface area contributed by atoms with E-state index in [2.05, 4.69) is 54.1 Å². The van der Waals surface area contributed by atoms with Gasteiger partial charge >= 0.3 is 0 Å². The molecule has 0 spiro atoms. The molecule has 0 radical (unpaired) electrons. The molecule has 0 aliphatic heterocycles. The van der Waals surface area contributed by atoms with Crippen LogP contribution < -0.4 is 5.32 Å². The number of nitrogens with zero attached hydrogens (tertiary/aromatic N) is 2. The second-order valence-electron chi connectivity index (χ2n) is 4.18. The molecule has 0 aromatic carbocycles. The van der Waals surface area contributed by atoms with E-state index in [9.17, 15) is 0 Å². The molecular weight excluding hydrogens is 370 g/mol. The minimum absolute atomic E-state index is 0.187. The molecule has 0 amide bonds. The molecule has 2 heterocycles. The third kappa shape index (κ3) is 4.37. The maximum absolute atomic E-state index is 4.46. The van der Waals surface area contributed by atoms with Gasteiger partial charge in [0.25, 0.3) is 0 Å². The van der Waals surface area contributed by atoms with Gasteiger partial charge in [-0.15, -0.1) is 0 Å². The summed E-state index contributed by atoms with van der Waals surface area (Å²) in [6, 6.07) is 8.29. The maximum Gasteiger partial charge on any atom is 0.0578 e. The molecule has 0 aliphatic carbocycles. The van der Waals surface area contributed by atoms with Crippen molar-refractivity contribution in [2.45, 2.75) is 19.4 Å². The molecule has 0 saturated heterocycles. The van der Waals surface area contributed by atoms with Crippen molar-refractivity contribution in [3.63, 3.8) is 0 Å². The fraction of sp³-hybridized carbons (Fsp3) is 0.286. The summed E-state index contributed by atoms with van der Waals surface area (Å²) in [7, 11) is 0. The molecule has 100 valence electrons. The Morgan fingerprint density at radius 2 is 1.74 bits per heavy atom. The van der Waals surface area contributed by atoms with E-state index in [-0.39, 0.29) is 6.04 Å². The number of pyridine rings is 2. The van der Waals surface area contributed by atoms with Crippen LogP contribution in [0, 0.1) is 0 Å². The van der Waals surface area contributed by atoms with Crippen LogP contribution in [0.3, 0.4) is 0 Å². The Kier molecular flexibility index (Phi) is 5.48. The number of rotatable bonds is 5. The van der Waals surface area contributed by atoms with E-state index >= 15 is 0 Å². The molecule has 0 bridgehead atoms. The first-order valence-corrected chi connectivity index (χ1v) is 7.73. The molecule has 5 heteroatoms. The van der Waals surface area contributed by atoms with Gasteiger partial charge in [0.1, 0.15) is 0 Å². The highest BCUT2D eigenvalue weighted by atomic mass is 79.9. The first-order valence-electron chi connectivity index (χ1n) is 6.14. The van der Waals surface area contributed by atoms with E-state index in [1.165, 1.54) is 0 Å². The van der Waals surface area contributed by atoms with Crippen LogP contribution in [0.25, 0.3) is 0 Å². The largest absolute Gasteiger partial charge is 0.309 e. The highest BCUT2D eigenvalue weighted by molar-refractivity contribution is 9.10. The van der Waals surface area contributed by atoms with Crippen molar-refractivity contribution in [2.24, 2.45) is 0 Å². The average Bonchev–Trinajstić information content (AvgIpc) is 2.42. The Labute approximate surface area is 130 Å². The molecular formula is C14H15Br2N3. The van der Waals surface area contributed by atoms with Gasteiger partial charge in [-0.1, -0.05) is 6.92 Å². The van der Waals surface area contributed by atoms with Gasteiger partial charge in [-0.3, -0.25) is 9.97 Å². The van der Waals surface area contributed by atoms with Crippen LogP contribution in [0.1, 0.15) is 24.4 Å². The molecule has 1 N–H and O–H groups in total. The molecule has 2 aromatic heterocycles. The number of aromatic nitrogens is 2. The van der Waals surface area contributed by atoms with Crippen molar-refractivity contribution in [1.82, 2.24) is 15.3 Å². The first kappa shape index (κ1) is 14.6. The second-order valence-corrected chi connectivity index (χ2v) is 6.01. The van der Waals surface area contributed by atoms with Gasteiger partial charge in [0.2, 0.25) is 0 Å². The predicted octanol–water partition coefficient (Wildman–Crippen LogP) is 3.89. The lowest BCUT2D eigenvalue weighted by molar-refractivity contribution is 0.531. The summed E-state index contributed by atoms with van der Waals surface area (Å²) in [6.07, 6.45) is 4.48. The van der Waals surface area contributed by atoms with Crippen molar-refractivity contribution in [3.8, 4) is 0 Å². The van der Waals surface area contributed by atoms with Gasteiger partial charge in [-0.25, -0.2) is 0 Å². The van der Waals surface area contributed by atoms with Gasteiger partial charge < -0.3 is 5.32 Å². The van der Waals surface area contributed by atoms with E-state index in [1.807, 2.05) is 36.7 Å². The third-order valence-electron chi connectivity index (χ3n) is 2.76. The summed E-state index contributed by atoms with van der Waals surface area (Å²) in [5.74, 6) is 0. The van der Waals surface area contributed by atoms with Crippen molar-refractivity contribution in [1.29, 1.82) is 0 Å². The smallest absolute Gasteiger partial charge is 0.0578 e. The maximum atomic E-state index is 4.46. The molecule has 0 aliphatic rings. The summed E-state index contributed by atoms with van der Waals surface area (Å²) >= 11 is 6.81. The van der Waals surface area contributed by atoms with Crippen molar-refractivity contribution in [3.05, 3.63) is 57.0 Å². The van der Waals surface area contributed by atoms with Crippen molar-refractivity contribution in [2.75, 3.05) is 6.54 Å². The summed E-state index contributed by atoms with van der Waals surface area (Å²) in [5.41, 5.74) is 2.09. The highest BCUT2D eigenvalue weighted by Crippen LogP contribution is 2.18. The predicted molar refractivity (Wildman–Crippen MR) is 84.0 cm³/mol. The zero-order valence-electron chi connectivity index (χ0n) is 10.6.